The number of benzene rings is 1. The SMILES string of the molecule is CN=C(NCCCc1nc(C)no1)N1CCOC(c2ccccc2C)C1.I. The lowest BCUT2D eigenvalue weighted by Crippen LogP contribution is -2.48. The topological polar surface area (TPSA) is 75.8 Å². The van der Waals surface area contributed by atoms with E-state index < -0.39 is 0 Å². The van der Waals surface area contributed by atoms with E-state index in [9.17, 15) is 0 Å². The van der Waals surface area contributed by atoms with E-state index in [2.05, 4.69) is 56.5 Å². The number of nitrogens with one attached hydrogen (secondary N) is 1. The van der Waals surface area contributed by atoms with Gasteiger partial charge in [0.25, 0.3) is 0 Å². The fourth-order valence-corrected chi connectivity index (χ4v) is 3.19. The van der Waals surface area contributed by atoms with Crippen molar-refractivity contribution >= 4 is 29.9 Å². The Morgan fingerprint density at radius 1 is 1.33 bits per heavy atom. The predicted octanol–water partition coefficient (Wildman–Crippen LogP) is 2.89. The normalized spacial score (nSPS) is 17.5. The molecule has 1 saturated heterocycles. The summed E-state index contributed by atoms with van der Waals surface area (Å²) in [4.78, 5) is 10.9. The van der Waals surface area contributed by atoms with E-state index in [4.69, 9.17) is 9.26 Å². The Labute approximate surface area is 177 Å². The van der Waals surface area contributed by atoms with Crippen molar-refractivity contribution < 1.29 is 9.26 Å². The first-order valence-electron chi connectivity index (χ1n) is 9.09. The number of morpholine rings is 1. The first-order valence-corrected chi connectivity index (χ1v) is 9.09. The van der Waals surface area contributed by atoms with Crippen LogP contribution in [-0.4, -0.2) is 54.3 Å². The van der Waals surface area contributed by atoms with Crippen LogP contribution in [0.3, 0.4) is 0 Å². The molecule has 0 bridgehead atoms. The van der Waals surface area contributed by atoms with E-state index in [1.54, 1.807) is 0 Å². The van der Waals surface area contributed by atoms with Crippen LogP contribution >= 0.6 is 24.0 Å². The van der Waals surface area contributed by atoms with Gasteiger partial charge in [-0.2, -0.15) is 4.98 Å². The van der Waals surface area contributed by atoms with E-state index in [0.29, 0.717) is 18.3 Å². The maximum absolute atomic E-state index is 6.00. The summed E-state index contributed by atoms with van der Waals surface area (Å²) in [5.74, 6) is 2.28. The van der Waals surface area contributed by atoms with Crippen LogP contribution in [0.2, 0.25) is 0 Å². The Morgan fingerprint density at radius 3 is 2.85 bits per heavy atom. The van der Waals surface area contributed by atoms with Crippen LogP contribution in [0.5, 0.6) is 0 Å². The maximum Gasteiger partial charge on any atom is 0.226 e. The lowest BCUT2D eigenvalue weighted by Gasteiger charge is -2.35. The highest BCUT2D eigenvalue weighted by atomic mass is 127. The lowest BCUT2D eigenvalue weighted by molar-refractivity contribution is -0.00830. The monoisotopic (exact) mass is 485 g/mol. The van der Waals surface area contributed by atoms with Crippen molar-refractivity contribution in [2.45, 2.75) is 32.8 Å². The number of aromatic nitrogens is 2. The number of aliphatic imine (C=N–C) groups is 1. The summed E-state index contributed by atoms with van der Waals surface area (Å²) in [5, 5.41) is 7.25. The molecule has 148 valence electrons. The molecule has 2 heterocycles. The van der Waals surface area contributed by atoms with Gasteiger partial charge in [0.1, 0.15) is 6.10 Å². The second-order valence-electron chi connectivity index (χ2n) is 6.47. The van der Waals surface area contributed by atoms with E-state index >= 15 is 0 Å². The smallest absolute Gasteiger partial charge is 0.226 e. The second-order valence-corrected chi connectivity index (χ2v) is 6.47. The van der Waals surface area contributed by atoms with Crippen LogP contribution < -0.4 is 5.32 Å². The zero-order valence-corrected chi connectivity index (χ0v) is 18.5. The first-order chi connectivity index (χ1) is 12.7. The number of nitrogens with zero attached hydrogens (tertiary/aromatic N) is 4. The van der Waals surface area contributed by atoms with Gasteiger partial charge in [-0.05, 0) is 31.4 Å². The Kier molecular flexibility index (Phi) is 8.49. The van der Waals surface area contributed by atoms with Crippen molar-refractivity contribution in [1.29, 1.82) is 0 Å². The average molecular weight is 485 g/mol. The van der Waals surface area contributed by atoms with E-state index in [1.807, 2.05) is 14.0 Å². The maximum atomic E-state index is 6.00. The average Bonchev–Trinajstić information content (AvgIpc) is 3.07. The fourth-order valence-electron chi connectivity index (χ4n) is 3.19. The highest BCUT2D eigenvalue weighted by Crippen LogP contribution is 2.24. The molecule has 3 rings (SSSR count). The molecule has 7 nitrogen and oxygen atoms in total. The van der Waals surface area contributed by atoms with Crippen LogP contribution in [0.25, 0.3) is 0 Å². The van der Waals surface area contributed by atoms with Crippen molar-refractivity contribution in [3.63, 3.8) is 0 Å². The standard InChI is InChI=1S/C19H27N5O2.HI/c1-14-7-4-5-8-16(14)17-13-24(11-12-25-17)19(20-3)21-10-6-9-18-22-15(2)23-26-18;/h4-5,7-8,17H,6,9-13H2,1-3H3,(H,20,21);1H. The van der Waals surface area contributed by atoms with Crippen molar-refractivity contribution in [3.05, 3.63) is 47.1 Å². The Balaban J connectivity index is 0.00000261. The number of rotatable bonds is 5. The molecule has 0 saturated carbocycles. The number of aryl methyl sites for hydroxylation is 3. The van der Waals surface area contributed by atoms with Crippen molar-refractivity contribution in [1.82, 2.24) is 20.4 Å². The van der Waals surface area contributed by atoms with Crippen molar-refractivity contribution in [2.75, 3.05) is 33.3 Å². The summed E-state index contributed by atoms with van der Waals surface area (Å²) in [5.41, 5.74) is 2.51. The molecule has 2 aromatic rings. The van der Waals surface area contributed by atoms with Crippen molar-refractivity contribution in [2.24, 2.45) is 4.99 Å². The summed E-state index contributed by atoms with van der Waals surface area (Å²) in [6, 6.07) is 8.40. The minimum atomic E-state index is 0. The second kappa shape index (κ2) is 10.6. The highest BCUT2D eigenvalue weighted by molar-refractivity contribution is 14.0. The Hall–Kier alpha value is -1.68. The molecule has 1 aliphatic heterocycles. The number of hydrogen-bond donors (Lipinski definition) is 1. The summed E-state index contributed by atoms with van der Waals surface area (Å²) >= 11 is 0. The minimum absolute atomic E-state index is 0. The van der Waals surface area contributed by atoms with Gasteiger partial charge in [-0.25, -0.2) is 0 Å². The molecule has 1 aromatic heterocycles. The van der Waals surface area contributed by atoms with E-state index in [1.165, 1.54) is 11.1 Å². The Bertz CT molecular complexity index is 749. The van der Waals surface area contributed by atoms with Gasteiger partial charge in [0.15, 0.2) is 11.8 Å². The number of guanidine groups is 1. The molecule has 1 aromatic carbocycles. The van der Waals surface area contributed by atoms with Gasteiger partial charge in [-0.15, -0.1) is 24.0 Å². The van der Waals surface area contributed by atoms with Crippen molar-refractivity contribution in [3.8, 4) is 0 Å². The zero-order chi connectivity index (χ0) is 18.4. The molecule has 1 unspecified atom stereocenters. The molecule has 1 N–H and O–H groups in total. The lowest BCUT2D eigenvalue weighted by atomic mass is 10.0. The van der Waals surface area contributed by atoms with Crippen LogP contribution in [0.4, 0.5) is 0 Å². The third kappa shape index (κ3) is 5.90. The van der Waals surface area contributed by atoms with Gasteiger partial charge >= 0.3 is 0 Å². The molecule has 0 amide bonds. The van der Waals surface area contributed by atoms with Crippen LogP contribution in [0, 0.1) is 13.8 Å². The molecule has 1 aliphatic rings. The van der Waals surface area contributed by atoms with Gasteiger partial charge in [0, 0.05) is 26.6 Å². The highest BCUT2D eigenvalue weighted by Gasteiger charge is 2.24. The summed E-state index contributed by atoms with van der Waals surface area (Å²) in [7, 11) is 1.82. The van der Waals surface area contributed by atoms with Crippen LogP contribution in [-0.2, 0) is 11.2 Å². The molecular weight excluding hydrogens is 457 g/mol. The molecule has 0 spiro atoms. The minimum Gasteiger partial charge on any atom is -0.370 e. The van der Waals surface area contributed by atoms with Gasteiger partial charge in [0.05, 0.1) is 13.2 Å². The van der Waals surface area contributed by atoms with Gasteiger partial charge < -0.3 is 19.5 Å². The molecule has 0 radical (unpaired) electrons. The summed E-state index contributed by atoms with van der Waals surface area (Å²) in [6.07, 6.45) is 1.75. The molecular formula is C19H28IN5O2. The molecule has 1 fully saturated rings. The fraction of sp³-hybridized carbons (Fsp3) is 0.526. The van der Waals surface area contributed by atoms with Gasteiger partial charge in [-0.3, -0.25) is 4.99 Å². The predicted molar refractivity (Wildman–Crippen MR) is 116 cm³/mol. The summed E-state index contributed by atoms with van der Waals surface area (Å²) < 4.78 is 11.1. The molecule has 8 heteroatoms. The number of ether oxygens (including phenoxy) is 1. The van der Waals surface area contributed by atoms with Crippen LogP contribution in [0.15, 0.2) is 33.8 Å². The van der Waals surface area contributed by atoms with Gasteiger partial charge in [0.2, 0.25) is 5.89 Å². The van der Waals surface area contributed by atoms with E-state index in [0.717, 1.165) is 38.4 Å². The van der Waals surface area contributed by atoms with Crippen LogP contribution in [0.1, 0.15) is 35.4 Å². The molecule has 27 heavy (non-hydrogen) atoms. The number of hydrogen-bond acceptors (Lipinski definition) is 5. The quantitative estimate of drug-likeness (QED) is 0.304. The molecule has 0 aliphatic carbocycles. The van der Waals surface area contributed by atoms with E-state index in [-0.39, 0.29) is 30.1 Å². The Morgan fingerprint density at radius 2 is 2.15 bits per heavy atom. The zero-order valence-electron chi connectivity index (χ0n) is 16.1. The summed E-state index contributed by atoms with van der Waals surface area (Å²) in [6.45, 7) is 7.10. The number of halogens is 1. The largest absolute Gasteiger partial charge is 0.370 e. The molecule has 1 atom stereocenters. The van der Waals surface area contributed by atoms with Gasteiger partial charge in [-0.1, -0.05) is 29.4 Å². The first kappa shape index (κ1) is 21.6. The third-order valence-corrected chi connectivity index (χ3v) is 4.53. The third-order valence-electron chi connectivity index (χ3n) is 4.53.